The molecule has 0 bridgehead atoms. The van der Waals surface area contributed by atoms with Crippen molar-refractivity contribution < 1.29 is 9.90 Å². The number of hydrogen-bond donors (Lipinski definition) is 2. The number of hydrogen-bond acceptors (Lipinski definition) is 4. The van der Waals surface area contributed by atoms with Gasteiger partial charge in [0.2, 0.25) is 0 Å². The Balaban J connectivity index is 0.00000109. The Kier molecular flexibility index (Phi) is 5.69. The van der Waals surface area contributed by atoms with E-state index in [-0.39, 0.29) is 11.6 Å². The number of carbonyl (C=O) groups is 1. The van der Waals surface area contributed by atoms with E-state index in [0.29, 0.717) is 22.9 Å². The molecule has 3 aromatic rings. The minimum Gasteiger partial charge on any atom is -0.478 e. The fraction of sp³-hybridized carbons (Fsp3) is 0.333. The van der Waals surface area contributed by atoms with Crippen LogP contribution in [0.25, 0.3) is 22.6 Å². The molecule has 0 unspecified atom stereocenters. The first-order chi connectivity index (χ1) is 12.0. The molecule has 0 aliphatic rings. The highest BCUT2D eigenvalue weighted by molar-refractivity contribution is 5.96. The molecule has 7 nitrogen and oxygen atoms in total. The Morgan fingerprint density at radius 3 is 2.48 bits per heavy atom. The van der Waals surface area contributed by atoms with Crippen molar-refractivity contribution in [2.24, 2.45) is 0 Å². The van der Waals surface area contributed by atoms with Gasteiger partial charge >= 0.3 is 5.97 Å². The van der Waals surface area contributed by atoms with Crippen molar-refractivity contribution in [2.75, 3.05) is 0 Å². The molecule has 0 fully saturated rings. The lowest BCUT2D eigenvalue weighted by Crippen LogP contribution is -2.03. The maximum atomic E-state index is 11.5. The first-order valence-corrected chi connectivity index (χ1v) is 8.28. The van der Waals surface area contributed by atoms with Crippen LogP contribution in [0.3, 0.4) is 0 Å². The highest BCUT2D eigenvalue weighted by Crippen LogP contribution is 2.28. The third-order valence-electron chi connectivity index (χ3n) is 3.52. The Hall–Kier alpha value is -2.96. The zero-order valence-corrected chi connectivity index (χ0v) is 15.1. The summed E-state index contributed by atoms with van der Waals surface area (Å²) in [4.78, 5) is 15.8. The largest absolute Gasteiger partial charge is 0.478 e. The van der Waals surface area contributed by atoms with E-state index in [9.17, 15) is 9.90 Å². The summed E-state index contributed by atoms with van der Waals surface area (Å²) < 4.78 is 1.80. The van der Waals surface area contributed by atoms with Crippen LogP contribution in [-0.2, 0) is 0 Å². The van der Waals surface area contributed by atoms with Crippen LogP contribution in [0.4, 0.5) is 0 Å². The molecular formula is C18H23N5O2. The topological polar surface area (TPSA) is 96.7 Å². The van der Waals surface area contributed by atoms with E-state index in [0.717, 1.165) is 5.56 Å². The van der Waals surface area contributed by atoms with Gasteiger partial charge in [-0.1, -0.05) is 19.9 Å². The van der Waals surface area contributed by atoms with E-state index in [1.165, 1.54) is 0 Å². The summed E-state index contributed by atoms with van der Waals surface area (Å²) in [5.74, 6) is 0.244. The summed E-state index contributed by atoms with van der Waals surface area (Å²) >= 11 is 0. The molecule has 132 valence electrons. The van der Waals surface area contributed by atoms with E-state index in [4.69, 9.17) is 0 Å². The highest BCUT2D eigenvalue weighted by atomic mass is 16.4. The average molecular weight is 341 g/mol. The van der Waals surface area contributed by atoms with Crippen LogP contribution in [-0.4, -0.2) is 36.0 Å². The lowest BCUT2D eigenvalue weighted by Gasteiger charge is -2.07. The summed E-state index contributed by atoms with van der Waals surface area (Å²) in [5, 5.41) is 20.8. The molecule has 7 heteroatoms. The number of nitrogens with zero attached hydrogens (tertiary/aromatic N) is 4. The Morgan fingerprint density at radius 2 is 1.96 bits per heavy atom. The lowest BCUT2D eigenvalue weighted by atomic mass is 10.0. The second kappa shape index (κ2) is 7.74. The van der Waals surface area contributed by atoms with Crippen molar-refractivity contribution in [3.8, 4) is 22.6 Å². The molecule has 2 N–H and O–H groups in total. The predicted octanol–water partition coefficient (Wildman–Crippen LogP) is 3.95. The van der Waals surface area contributed by atoms with Crippen molar-refractivity contribution in [3.63, 3.8) is 0 Å². The molecule has 3 rings (SSSR count). The molecule has 0 aliphatic carbocycles. The van der Waals surface area contributed by atoms with Crippen LogP contribution >= 0.6 is 0 Å². The van der Waals surface area contributed by atoms with Gasteiger partial charge in [-0.25, -0.2) is 9.78 Å². The first-order valence-electron chi connectivity index (χ1n) is 8.28. The van der Waals surface area contributed by atoms with Crippen LogP contribution < -0.4 is 0 Å². The molecule has 0 spiro atoms. The summed E-state index contributed by atoms with van der Waals surface area (Å²) in [6.07, 6.45) is 1.84. The summed E-state index contributed by atoms with van der Waals surface area (Å²) in [6, 6.07) is 7.05. The van der Waals surface area contributed by atoms with Crippen LogP contribution in [0.2, 0.25) is 0 Å². The minimum atomic E-state index is -0.989. The van der Waals surface area contributed by atoms with Gasteiger partial charge in [0.05, 0.1) is 11.3 Å². The molecular weight excluding hydrogens is 318 g/mol. The standard InChI is InChI=1S/C16H17N5O2.C2H6/c1-9(2)21-7-6-14(20-21)13-8-11(4-5-12(13)16(22)23)15-17-10(3)18-19-15;1-2/h4-9H,1-3H3,(H,22,23)(H,17,18,19);1-2H3. The normalized spacial score (nSPS) is 10.5. The lowest BCUT2D eigenvalue weighted by molar-refractivity contribution is 0.0697. The molecule has 0 saturated heterocycles. The Bertz CT molecular complexity index is 864. The first kappa shape index (κ1) is 18.4. The summed E-state index contributed by atoms with van der Waals surface area (Å²) in [7, 11) is 0. The Morgan fingerprint density at radius 1 is 1.24 bits per heavy atom. The zero-order chi connectivity index (χ0) is 18.6. The van der Waals surface area contributed by atoms with Gasteiger partial charge < -0.3 is 5.11 Å². The Labute approximate surface area is 146 Å². The number of aromatic carboxylic acids is 1. The number of benzene rings is 1. The second-order valence-corrected chi connectivity index (χ2v) is 5.58. The number of rotatable bonds is 4. The van der Waals surface area contributed by atoms with E-state index in [2.05, 4.69) is 20.3 Å². The summed E-state index contributed by atoms with van der Waals surface area (Å²) in [6.45, 7) is 9.84. The number of aryl methyl sites for hydroxylation is 1. The molecule has 0 amide bonds. The fourth-order valence-electron chi connectivity index (χ4n) is 2.32. The van der Waals surface area contributed by atoms with Gasteiger partial charge in [-0.15, -0.1) is 0 Å². The molecule has 25 heavy (non-hydrogen) atoms. The minimum absolute atomic E-state index is 0.204. The van der Waals surface area contributed by atoms with Crippen molar-refractivity contribution in [1.82, 2.24) is 25.0 Å². The van der Waals surface area contributed by atoms with Gasteiger partial charge in [-0.05, 0) is 39.0 Å². The molecule has 0 radical (unpaired) electrons. The van der Waals surface area contributed by atoms with Crippen molar-refractivity contribution in [1.29, 1.82) is 0 Å². The van der Waals surface area contributed by atoms with Crippen molar-refractivity contribution >= 4 is 5.97 Å². The van der Waals surface area contributed by atoms with Gasteiger partial charge in [-0.2, -0.15) is 10.2 Å². The number of aromatic nitrogens is 5. The smallest absolute Gasteiger partial charge is 0.336 e. The number of H-pyrrole nitrogens is 1. The van der Waals surface area contributed by atoms with Crippen LogP contribution in [0, 0.1) is 6.92 Å². The molecule has 0 aliphatic heterocycles. The van der Waals surface area contributed by atoms with E-state index < -0.39 is 5.97 Å². The molecule has 0 atom stereocenters. The van der Waals surface area contributed by atoms with Crippen molar-refractivity contribution in [2.45, 2.75) is 40.7 Å². The van der Waals surface area contributed by atoms with Gasteiger partial charge in [0.1, 0.15) is 5.82 Å². The number of carboxylic acids is 1. The third-order valence-corrected chi connectivity index (χ3v) is 3.52. The number of nitrogens with one attached hydrogen (secondary N) is 1. The highest BCUT2D eigenvalue weighted by Gasteiger charge is 2.17. The summed E-state index contributed by atoms with van der Waals surface area (Å²) in [5.41, 5.74) is 2.12. The van der Waals surface area contributed by atoms with Gasteiger partial charge in [0.25, 0.3) is 0 Å². The number of carboxylic acid groups (broad SMARTS) is 1. The molecule has 2 heterocycles. The van der Waals surface area contributed by atoms with Crippen LogP contribution in [0.15, 0.2) is 30.5 Å². The predicted molar refractivity (Wildman–Crippen MR) is 96.5 cm³/mol. The molecule has 1 aromatic carbocycles. The maximum absolute atomic E-state index is 11.5. The van der Waals surface area contributed by atoms with E-state index in [1.54, 1.807) is 22.9 Å². The SMILES string of the molecule is CC.Cc1nc(-c2ccc(C(=O)O)c(-c3ccn(C(C)C)n3)c2)n[nH]1. The molecule has 0 saturated carbocycles. The second-order valence-electron chi connectivity index (χ2n) is 5.58. The average Bonchev–Trinajstić information content (AvgIpc) is 3.25. The maximum Gasteiger partial charge on any atom is 0.336 e. The van der Waals surface area contributed by atoms with Gasteiger partial charge in [0.15, 0.2) is 5.82 Å². The third kappa shape index (κ3) is 3.93. The monoisotopic (exact) mass is 341 g/mol. The number of aromatic amines is 1. The zero-order valence-electron chi connectivity index (χ0n) is 15.1. The van der Waals surface area contributed by atoms with Crippen LogP contribution in [0.1, 0.15) is 49.9 Å². The van der Waals surface area contributed by atoms with Gasteiger partial charge in [-0.3, -0.25) is 9.78 Å². The molecule has 2 aromatic heterocycles. The fourth-order valence-corrected chi connectivity index (χ4v) is 2.32. The van der Waals surface area contributed by atoms with Crippen LogP contribution in [0.5, 0.6) is 0 Å². The van der Waals surface area contributed by atoms with E-state index >= 15 is 0 Å². The van der Waals surface area contributed by atoms with Gasteiger partial charge in [0, 0.05) is 23.4 Å². The van der Waals surface area contributed by atoms with Crippen molar-refractivity contribution in [3.05, 3.63) is 41.9 Å². The van der Waals surface area contributed by atoms with E-state index in [1.807, 2.05) is 46.9 Å². The quantitative estimate of drug-likeness (QED) is 0.749.